The maximum absolute atomic E-state index is 11.6. The predicted octanol–water partition coefficient (Wildman–Crippen LogP) is 0.653. The molecule has 0 saturated carbocycles. The van der Waals surface area contributed by atoms with Crippen LogP contribution in [0.3, 0.4) is 0 Å². The van der Waals surface area contributed by atoms with Crippen molar-refractivity contribution < 1.29 is 8.42 Å². The Bertz CT molecular complexity index is 422. The molecule has 5 heteroatoms. The zero-order chi connectivity index (χ0) is 10.2. The van der Waals surface area contributed by atoms with E-state index in [1.807, 2.05) is 18.3 Å². The molecule has 0 fully saturated rings. The Morgan fingerprint density at radius 3 is 2.93 bits per heavy atom. The van der Waals surface area contributed by atoms with Crippen molar-refractivity contribution in [1.82, 2.24) is 8.87 Å². The molecular formula is C9H14N2O2S. The van der Waals surface area contributed by atoms with Crippen LogP contribution >= 0.6 is 0 Å². The first-order valence-electron chi connectivity index (χ1n) is 4.75. The molecule has 0 bridgehead atoms. The molecule has 0 aliphatic carbocycles. The average Bonchev–Trinajstić information content (AvgIpc) is 2.64. The van der Waals surface area contributed by atoms with E-state index in [-0.39, 0.29) is 5.75 Å². The molecule has 2 heterocycles. The van der Waals surface area contributed by atoms with Gasteiger partial charge in [-0.25, -0.2) is 8.42 Å². The van der Waals surface area contributed by atoms with Gasteiger partial charge in [0, 0.05) is 25.0 Å². The molecule has 1 aliphatic rings. The van der Waals surface area contributed by atoms with Gasteiger partial charge in [0.25, 0.3) is 0 Å². The third kappa shape index (κ3) is 1.57. The van der Waals surface area contributed by atoms with Gasteiger partial charge in [0.2, 0.25) is 10.0 Å². The molecule has 0 aromatic carbocycles. The van der Waals surface area contributed by atoms with Crippen molar-refractivity contribution in [2.24, 2.45) is 0 Å². The number of aromatic nitrogens is 1. The molecule has 1 aromatic heterocycles. The lowest BCUT2D eigenvalue weighted by Crippen LogP contribution is -2.38. The fraction of sp³-hybridized carbons (Fsp3) is 0.556. The van der Waals surface area contributed by atoms with E-state index in [9.17, 15) is 8.42 Å². The molecule has 2 rings (SSSR count). The van der Waals surface area contributed by atoms with E-state index >= 15 is 0 Å². The van der Waals surface area contributed by atoms with Gasteiger partial charge in [-0.15, -0.1) is 0 Å². The molecule has 4 nitrogen and oxygen atoms in total. The highest BCUT2D eigenvalue weighted by Gasteiger charge is 2.24. The third-order valence-corrected chi connectivity index (χ3v) is 4.44. The molecule has 1 aliphatic heterocycles. The van der Waals surface area contributed by atoms with Gasteiger partial charge in [-0.2, -0.15) is 4.31 Å². The lowest BCUT2D eigenvalue weighted by atomic mass is 10.3. The van der Waals surface area contributed by atoms with E-state index in [1.54, 1.807) is 11.2 Å². The van der Waals surface area contributed by atoms with E-state index in [2.05, 4.69) is 4.57 Å². The van der Waals surface area contributed by atoms with Gasteiger partial charge < -0.3 is 4.57 Å². The number of rotatable bonds is 2. The van der Waals surface area contributed by atoms with E-state index in [4.69, 9.17) is 0 Å². The molecule has 0 unspecified atom stereocenters. The Morgan fingerprint density at radius 2 is 2.21 bits per heavy atom. The average molecular weight is 214 g/mol. The molecular weight excluding hydrogens is 200 g/mol. The highest BCUT2D eigenvalue weighted by molar-refractivity contribution is 7.89. The summed E-state index contributed by atoms with van der Waals surface area (Å²) in [5.41, 5.74) is 1.08. The van der Waals surface area contributed by atoms with Crippen molar-refractivity contribution in [2.75, 3.05) is 12.3 Å². The Morgan fingerprint density at radius 1 is 1.43 bits per heavy atom. The van der Waals surface area contributed by atoms with Gasteiger partial charge in [-0.3, -0.25) is 0 Å². The summed E-state index contributed by atoms with van der Waals surface area (Å²) < 4.78 is 26.9. The van der Waals surface area contributed by atoms with Crippen LogP contribution in [0.1, 0.15) is 12.6 Å². The molecule has 0 atom stereocenters. The van der Waals surface area contributed by atoms with Gasteiger partial charge >= 0.3 is 0 Å². The lowest BCUT2D eigenvalue weighted by Gasteiger charge is -2.27. The maximum Gasteiger partial charge on any atom is 0.214 e. The zero-order valence-corrected chi connectivity index (χ0v) is 9.00. The largest absolute Gasteiger partial charge is 0.349 e. The van der Waals surface area contributed by atoms with Crippen LogP contribution in [0.15, 0.2) is 18.3 Å². The summed E-state index contributed by atoms with van der Waals surface area (Å²) in [7, 11) is -3.02. The van der Waals surface area contributed by atoms with Crippen LogP contribution in [-0.2, 0) is 23.1 Å². The number of nitrogens with zero attached hydrogens (tertiary/aromatic N) is 2. The SMILES string of the molecule is CCS(=O)(=O)N1CCn2cccc2C1. The first-order chi connectivity index (χ1) is 6.63. The summed E-state index contributed by atoms with van der Waals surface area (Å²) >= 11 is 0. The summed E-state index contributed by atoms with van der Waals surface area (Å²) in [6.07, 6.45) is 1.99. The van der Waals surface area contributed by atoms with E-state index in [0.29, 0.717) is 13.1 Å². The van der Waals surface area contributed by atoms with Crippen LogP contribution in [0, 0.1) is 0 Å². The number of sulfonamides is 1. The lowest BCUT2D eigenvalue weighted by molar-refractivity contribution is 0.342. The molecule has 78 valence electrons. The minimum atomic E-state index is -3.02. The minimum Gasteiger partial charge on any atom is -0.349 e. The molecule has 0 radical (unpaired) electrons. The van der Waals surface area contributed by atoms with Gasteiger partial charge in [-0.05, 0) is 19.1 Å². The first-order valence-corrected chi connectivity index (χ1v) is 6.36. The standard InChI is InChI=1S/C9H14N2O2S/c1-2-14(12,13)11-7-6-10-5-3-4-9(10)8-11/h3-5H,2,6-8H2,1H3. The van der Waals surface area contributed by atoms with Crippen molar-refractivity contribution in [3.63, 3.8) is 0 Å². The Hall–Kier alpha value is -0.810. The van der Waals surface area contributed by atoms with Gasteiger partial charge in [0.05, 0.1) is 12.3 Å². The molecule has 14 heavy (non-hydrogen) atoms. The fourth-order valence-corrected chi connectivity index (χ4v) is 2.76. The molecule has 0 saturated heterocycles. The molecule has 0 amide bonds. The first kappa shape index (κ1) is 9.73. The highest BCUT2D eigenvalue weighted by atomic mass is 32.2. The Kier molecular flexibility index (Phi) is 2.36. The van der Waals surface area contributed by atoms with Crippen LogP contribution in [0.5, 0.6) is 0 Å². The number of hydrogen-bond donors (Lipinski definition) is 0. The maximum atomic E-state index is 11.6. The van der Waals surface area contributed by atoms with Crippen LogP contribution in [-0.4, -0.2) is 29.6 Å². The second-order valence-corrected chi connectivity index (χ2v) is 5.68. The molecule has 0 N–H and O–H groups in total. The predicted molar refractivity (Wildman–Crippen MR) is 54.3 cm³/mol. The fourth-order valence-electron chi connectivity index (χ4n) is 1.71. The molecule has 1 aromatic rings. The summed E-state index contributed by atoms with van der Waals surface area (Å²) in [5.74, 6) is 0.188. The topological polar surface area (TPSA) is 42.3 Å². The van der Waals surface area contributed by atoms with E-state index < -0.39 is 10.0 Å². The van der Waals surface area contributed by atoms with Crippen LogP contribution < -0.4 is 0 Å². The smallest absolute Gasteiger partial charge is 0.214 e. The van der Waals surface area contributed by atoms with E-state index in [0.717, 1.165) is 12.2 Å². The normalized spacial score (nSPS) is 18.1. The monoisotopic (exact) mass is 214 g/mol. The van der Waals surface area contributed by atoms with Gasteiger partial charge in [-0.1, -0.05) is 0 Å². The number of hydrogen-bond acceptors (Lipinski definition) is 2. The Labute approximate surface area is 84.2 Å². The quantitative estimate of drug-likeness (QED) is 0.725. The zero-order valence-electron chi connectivity index (χ0n) is 8.18. The van der Waals surface area contributed by atoms with Crippen LogP contribution in [0.25, 0.3) is 0 Å². The van der Waals surface area contributed by atoms with Gasteiger partial charge in [0.15, 0.2) is 0 Å². The van der Waals surface area contributed by atoms with Crippen molar-refractivity contribution in [2.45, 2.75) is 20.0 Å². The number of fused-ring (bicyclic) bond motifs is 1. The second kappa shape index (κ2) is 3.40. The second-order valence-electron chi connectivity index (χ2n) is 3.43. The van der Waals surface area contributed by atoms with Crippen LogP contribution in [0.2, 0.25) is 0 Å². The summed E-state index contributed by atoms with van der Waals surface area (Å²) in [5, 5.41) is 0. The van der Waals surface area contributed by atoms with Crippen molar-refractivity contribution in [1.29, 1.82) is 0 Å². The third-order valence-electron chi connectivity index (χ3n) is 2.61. The summed E-state index contributed by atoms with van der Waals surface area (Å²) in [6, 6.07) is 3.93. The van der Waals surface area contributed by atoms with Crippen molar-refractivity contribution in [3.05, 3.63) is 24.0 Å². The minimum absolute atomic E-state index is 0.188. The van der Waals surface area contributed by atoms with Gasteiger partial charge in [0.1, 0.15) is 0 Å². The highest BCUT2D eigenvalue weighted by Crippen LogP contribution is 2.15. The van der Waals surface area contributed by atoms with Crippen LogP contribution in [0.4, 0.5) is 0 Å². The molecule has 0 spiro atoms. The van der Waals surface area contributed by atoms with E-state index in [1.165, 1.54) is 0 Å². The Balaban J connectivity index is 2.23. The summed E-state index contributed by atoms with van der Waals surface area (Å²) in [6.45, 7) is 3.56. The van der Waals surface area contributed by atoms with Crippen molar-refractivity contribution in [3.8, 4) is 0 Å². The summed E-state index contributed by atoms with van der Waals surface area (Å²) in [4.78, 5) is 0. The van der Waals surface area contributed by atoms with Crippen molar-refractivity contribution >= 4 is 10.0 Å².